The topological polar surface area (TPSA) is 43.4 Å². The number of carbonyl (C=O) groups excluding carboxylic acids is 2. The minimum absolute atomic E-state index is 0.251. The van der Waals surface area contributed by atoms with Crippen LogP contribution < -0.4 is 0 Å². The summed E-state index contributed by atoms with van der Waals surface area (Å²) in [5.74, 6) is -7.59. The number of ketones is 1. The van der Waals surface area contributed by atoms with Crippen LogP contribution in [0.1, 0.15) is 10.4 Å². The lowest BCUT2D eigenvalue weighted by atomic mass is 10.1. The molecule has 6 heteroatoms. The van der Waals surface area contributed by atoms with Crippen LogP contribution in [0.4, 0.5) is 8.78 Å². The Kier molecular flexibility index (Phi) is 3.74. The van der Waals surface area contributed by atoms with Gasteiger partial charge in [-0.3, -0.25) is 4.79 Å². The van der Waals surface area contributed by atoms with Crippen molar-refractivity contribution in [3.05, 3.63) is 34.3 Å². The van der Waals surface area contributed by atoms with Crippen LogP contribution in [-0.4, -0.2) is 24.8 Å². The van der Waals surface area contributed by atoms with Crippen molar-refractivity contribution < 1.29 is 23.1 Å². The molecule has 0 aromatic heterocycles. The highest BCUT2D eigenvalue weighted by molar-refractivity contribution is 9.10. The predicted molar refractivity (Wildman–Crippen MR) is 55.4 cm³/mol. The van der Waals surface area contributed by atoms with E-state index in [2.05, 4.69) is 20.7 Å². The zero-order valence-electron chi connectivity index (χ0n) is 8.17. The molecule has 0 saturated carbocycles. The van der Waals surface area contributed by atoms with Gasteiger partial charge in [-0.2, -0.15) is 8.78 Å². The highest BCUT2D eigenvalue weighted by atomic mass is 79.9. The molecule has 0 bridgehead atoms. The van der Waals surface area contributed by atoms with E-state index in [0.717, 1.165) is 7.11 Å². The molecule has 0 spiro atoms. The second-order valence-corrected chi connectivity index (χ2v) is 3.82. The molecule has 0 saturated heterocycles. The molecule has 16 heavy (non-hydrogen) atoms. The molecular formula is C10H7BrF2O3. The molecule has 0 atom stereocenters. The van der Waals surface area contributed by atoms with Crippen LogP contribution in [0, 0.1) is 0 Å². The standard InChI is InChI=1S/C10H7BrF2O3/c1-16-9(15)10(12,13)8(14)6-2-4-7(11)5-3-6/h2-5H,1H3. The van der Waals surface area contributed by atoms with Gasteiger partial charge in [0.05, 0.1) is 7.11 Å². The van der Waals surface area contributed by atoms with Crippen LogP contribution in [0.5, 0.6) is 0 Å². The van der Waals surface area contributed by atoms with Gasteiger partial charge in [-0.25, -0.2) is 4.79 Å². The summed E-state index contributed by atoms with van der Waals surface area (Å²) >= 11 is 3.10. The maximum atomic E-state index is 13.2. The monoisotopic (exact) mass is 292 g/mol. The molecule has 1 rings (SSSR count). The molecule has 86 valence electrons. The van der Waals surface area contributed by atoms with Crippen molar-refractivity contribution in [1.29, 1.82) is 0 Å². The smallest absolute Gasteiger partial charge is 0.404 e. The van der Waals surface area contributed by atoms with Gasteiger partial charge in [0.1, 0.15) is 0 Å². The minimum Gasteiger partial charge on any atom is -0.464 e. The van der Waals surface area contributed by atoms with E-state index >= 15 is 0 Å². The van der Waals surface area contributed by atoms with Gasteiger partial charge in [0.15, 0.2) is 0 Å². The Morgan fingerprint density at radius 2 is 1.75 bits per heavy atom. The fraction of sp³-hybridized carbons (Fsp3) is 0.200. The maximum absolute atomic E-state index is 13.2. The SMILES string of the molecule is COC(=O)C(F)(F)C(=O)c1ccc(Br)cc1. The summed E-state index contributed by atoms with van der Waals surface area (Å²) in [5, 5.41) is 0. The van der Waals surface area contributed by atoms with E-state index in [4.69, 9.17) is 0 Å². The summed E-state index contributed by atoms with van der Waals surface area (Å²) in [5.41, 5.74) is -0.251. The van der Waals surface area contributed by atoms with Crippen molar-refractivity contribution in [3.63, 3.8) is 0 Å². The lowest BCUT2D eigenvalue weighted by Gasteiger charge is -2.11. The average molecular weight is 293 g/mol. The fourth-order valence-corrected chi connectivity index (χ4v) is 1.27. The number of esters is 1. The zero-order valence-corrected chi connectivity index (χ0v) is 9.75. The first kappa shape index (κ1) is 12.8. The van der Waals surface area contributed by atoms with Gasteiger partial charge in [0.25, 0.3) is 0 Å². The molecule has 0 aliphatic carbocycles. The number of benzene rings is 1. The van der Waals surface area contributed by atoms with Crippen LogP contribution >= 0.6 is 15.9 Å². The third-order valence-electron chi connectivity index (χ3n) is 1.83. The highest BCUT2D eigenvalue weighted by Gasteiger charge is 2.48. The van der Waals surface area contributed by atoms with Crippen molar-refractivity contribution in [2.75, 3.05) is 7.11 Å². The predicted octanol–water partition coefficient (Wildman–Crippen LogP) is 2.44. The van der Waals surface area contributed by atoms with E-state index in [1.165, 1.54) is 24.3 Å². The lowest BCUT2D eigenvalue weighted by molar-refractivity contribution is -0.161. The third kappa shape index (κ3) is 2.44. The Hall–Kier alpha value is -1.30. The molecule has 0 unspecified atom stereocenters. The maximum Gasteiger partial charge on any atom is 0.404 e. The number of alkyl halides is 2. The number of Topliss-reactive ketones (excluding diaryl/α,β-unsaturated/α-hetero) is 1. The van der Waals surface area contributed by atoms with Crippen LogP contribution in [-0.2, 0) is 9.53 Å². The van der Waals surface area contributed by atoms with Crippen molar-refractivity contribution in [2.24, 2.45) is 0 Å². The first-order chi connectivity index (χ1) is 7.39. The highest BCUT2D eigenvalue weighted by Crippen LogP contribution is 2.22. The molecule has 1 aromatic rings. The third-order valence-corrected chi connectivity index (χ3v) is 2.36. The van der Waals surface area contributed by atoms with Crippen molar-refractivity contribution in [1.82, 2.24) is 0 Å². The van der Waals surface area contributed by atoms with Crippen molar-refractivity contribution in [3.8, 4) is 0 Å². The largest absolute Gasteiger partial charge is 0.464 e. The summed E-state index contributed by atoms with van der Waals surface area (Å²) in [6, 6.07) is 5.26. The van der Waals surface area contributed by atoms with E-state index in [1.54, 1.807) is 0 Å². The second-order valence-electron chi connectivity index (χ2n) is 2.90. The molecule has 0 fully saturated rings. The Labute approximate surface area is 98.5 Å². The molecule has 0 aliphatic heterocycles. The number of hydrogen-bond acceptors (Lipinski definition) is 3. The van der Waals surface area contributed by atoms with E-state index in [-0.39, 0.29) is 5.56 Å². The number of ether oxygens (including phenoxy) is 1. The number of carbonyl (C=O) groups is 2. The summed E-state index contributed by atoms with van der Waals surface area (Å²) in [6.45, 7) is 0. The Morgan fingerprint density at radius 1 is 1.25 bits per heavy atom. The molecule has 0 heterocycles. The molecule has 0 radical (unpaired) electrons. The summed E-state index contributed by atoms with van der Waals surface area (Å²) < 4.78 is 30.8. The van der Waals surface area contributed by atoms with Gasteiger partial charge in [-0.05, 0) is 12.1 Å². The number of halogens is 3. The lowest BCUT2D eigenvalue weighted by Crippen LogP contribution is -2.38. The van der Waals surface area contributed by atoms with E-state index in [0.29, 0.717) is 4.47 Å². The van der Waals surface area contributed by atoms with Gasteiger partial charge >= 0.3 is 11.9 Å². The van der Waals surface area contributed by atoms with Crippen LogP contribution in [0.2, 0.25) is 0 Å². The normalized spacial score (nSPS) is 11.0. The fourth-order valence-electron chi connectivity index (χ4n) is 1.00. The Morgan fingerprint density at radius 3 is 2.19 bits per heavy atom. The molecule has 3 nitrogen and oxygen atoms in total. The zero-order chi connectivity index (χ0) is 12.3. The minimum atomic E-state index is -4.15. The molecule has 0 amide bonds. The van der Waals surface area contributed by atoms with E-state index in [9.17, 15) is 18.4 Å². The van der Waals surface area contributed by atoms with Crippen molar-refractivity contribution >= 4 is 27.7 Å². The molecule has 0 N–H and O–H groups in total. The Bertz CT molecular complexity index is 415. The number of hydrogen-bond donors (Lipinski definition) is 0. The average Bonchev–Trinajstić information content (AvgIpc) is 2.28. The van der Waals surface area contributed by atoms with Crippen LogP contribution in [0.15, 0.2) is 28.7 Å². The first-order valence-corrected chi connectivity index (χ1v) is 4.95. The van der Waals surface area contributed by atoms with Crippen LogP contribution in [0.25, 0.3) is 0 Å². The molecule has 0 aliphatic rings. The first-order valence-electron chi connectivity index (χ1n) is 4.16. The van der Waals surface area contributed by atoms with Gasteiger partial charge in [0.2, 0.25) is 5.78 Å². The van der Waals surface area contributed by atoms with Crippen LogP contribution in [0.3, 0.4) is 0 Å². The van der Waals surface area contributed by atoms with Gasteiger partial charge in [-0.15, -0.1) is 0 Å². The van der Waals surface area contributed by atoms with E-state index in [1.807, 2.05) is 0 Å². The quantitative estimate of drug-likeness (QED) is 0.488. The molecular weight excluding hydrogens is 286 g/mol. The molecule has 1 aromatic carbocycles. The van der Waals surface area contributed by atoms with Gasteiger partial charge in [0, 0.05) is 10.0 Å². The second kappa shape index (κ2) is 4.69. The number of rotatable bonds is 3. The van der Waals surface area contributed by atoms with E-state index < -0.39 is 17.7 Å². The van der Waals surface area contributed by atoms with Crippen molar-refractivity contribution in [2.45, 2.75) is 5.92 Å². The van der Waals surface area contributed by atoms with Gasteiger partial charge < -0.3 is 4.74 Å². The summed E-state index contributed by atoms with van der Waals surface area (Å²) in [6.07, 6.45) is 0. The Balaban J connectivity index is 3.02. The van der Waals surface area contributed by atoms with Gasteiger partial charge in [-0.1, -0.05) is 28.1 Å². The summed E-state index contributed by atoms with van der Waals surface area (Å²) in [7, 11) is 0.797. The summed E-state index contributed by atoms with van der Waals surface area (Å²) in [4.78, 5) is 22.0. The number of methoxy groups -OCH3 is 1.